The van der Waals surface area contributed by atoms with Crippen LogP contribution < -0.4 is 5.32 Å². The van der Waals surface area contributed by atoms with Crippen molar-refractivity contribution in [1.82, 2.24) is 14.9 Å². The lowest BCUT2D eigenvalue weighted by Crippen LogP contribution is -2.27. The first-order chi connectivity index (χ1) is 18.8. The third-order valence-corrected chi connectivity index (χ3v) is 7.16. The van der Waals surface area contributed by atoms with Crippen molar-refractivity contribution in [2.75, 3.05) is 0 Å². The molecule has 0 saturated heterocycles. The molecule has 2 aromatic heterocycles. The quantitative estimate of drug-likeness (QED) is 0.288. The summed E-state index contributed by atoms with van der Waals surface area (Å²) in [5.74, 6) is 0.849. The number of amidine groups is 1. The summed E-state index contributed by atoms with van der Waals surface area (Å²) >= 11 is 0. The fourth-order valence-electron chi connectivity index (χ4n) is 5.34. The van der Waals surface area contributed by atoms with Gasteiger partial charge in [0, 0.05) is 28.5 Å². The Labute approximate surface area is 222 Å². The van der Waals surface area contributed by atoms with Crippen molar-refractivity contribution in [3.8, 4) is 5.69 Å². The van der Waals surface area contributed by atoms with E-state index in [4.69, 9.17) is 4.99 Å². The van der Waals surface area contributed by atoms with Gasteiger partial charge >= 0.3 is 0 Å². The van der Waals surface area contributed by atoms with E-state index < -0.39 is 0 Å². The maximum atomic E-state index is 5.00. The molecule has 0 amide bonds. The third-order valence-electron chi connectivity index (χ3n) is 7.16. The zero-order chi connectivity index (χ0) is 25.3. The molecule has 182 valence electrons. The average Bonchev–Trinajstić information content (AvgIpc) is 3.12. The number of aromatic nitrogens is 2. The van der Waals surface area contributed by atoms with E-state index in [-0.39, 0.29) is 6.04 Å². The zero-order valence-corrected chi connectivity index (χ0v) is 20.8. The van der Waals surface area contributed by atoms with E-state index >= 15 is 0 Å². The molecule has 4 nitrogen and oxygen atoms in total. The summed E-state index contributed by atoms with van der Waals surface area (Å²) in [4.78, 5) is 9.59. The van der Waals surface area contributed by atoms with Gasteiger partial charge in [-0.15, -0.1) is 0 Å². The number of nitrogens with zero attached hydrogens (tertiary/aromatic N) is 3. The number of para-hydroxylation sites is 1. The molecule has 1 aliphatic carbocycles. The SMILES string of the molecule is C1=CCc2c(n(-c3ccc(C4=CC(c5ccccn5)N=C(c5ccccc5)N4)cc3)c3ccccc23)C=C1. The number of hydrogen-bond donors (Lipinski definition) is 1. The molecule has 1 unspecified atom stereocenters. The van der Waals surface area contributed by atoms with Crippen molar-refractivity contribution in [2.45, 2.75) is 12.5 Å². The van der Waals surface area contributed by atoms with Gasteiger partial charge in [-0.05, 0) is 60.0 Å². The Kier molecular flexibility index (Phi) is 5.56. The highest BCUT2D eigenvalue weighted by molar-refractivity contribution is 6.04. The van der Waals surface area contributed by atoms with Gasteiger partial charge in [0.2, 0.25) is 0 Å². The van der Waals surface area contributed by atoms with E-state index in [2.05, 4.69) is 106 Å². The van der Waals surface area contributed by atoms with Gasteiger partial charge in [0.15, 0.2) is 0 Å². The molecule has 0 saturated carbocycles. The molecule has 0 fully saturated rings. The highest BCUT2D eigenvalue weighted by Gasteiger charge is 2.21. The fourth-order valence-corrected chi connectivity index (χ4v) is 5.34. The molecule has 5 aromatic rings. The molecule has 0 radical (unpaired) electrons. The molecule has 1 N–H and O–H groups in total. The minimum atomic E-state index is -0.163. The average molecular weight is 491 g/mol. The second-order valence-electron chi connectivity index (χ2n) is 9.50. The second-order valence-corrected chi connectivity index (χ2v) is 9.50. The molecule has 2 aliphatic rings. The molecule has 1 atom stereocenters. The van der Waals surface area contributed by atoms with Gasteiger partial charge in [0.05, 0.1) is 16.9 Å². The van der Waals surface area contributed by atoms with Crippen molar-refractivity contribution in [2.24, 2.45) is 4.99 Å². The van der Waals surface area contributed by atoms with Crippen LogP contribution in [0.4, 0.5) is 0 Å². The molecule has 0 bridgehead atoms. The molecule has 38 heavy (non-hydrogen) atoms. The van der Waals surface area contributed by atoms with Gasteiger partial charge in [-0.2, -0.15) is 0 Å². The van der Waals surface area contributed by atoms with Gasteiger partial charge < -0.3 is 9.88 Å². The van der Waals surface area contributed by atoms with E-state index in [0.29, 0.717) is 0 Å². The van der Waals surface area contributed by atoms with Crippen LogP contribution >= 0.6 is 0 Å². The summed E-state index contributed by atoms with van der Waals surface area (Å²) in [6, 6.07) is 33.6. The molecular formula is C34H26N4. The largest absolute Gasteiger partial charge is 0.340 e. The first-order valence-corrected chi connectivity index (χ1v) is 12.9. The predicted molar refractivity (Wildman–Crippen MR) is 156 cm³/mol. The van der Waals surface area contributed by atoms with Gasteiger partial charge in [-0.1, -0.05) is 85.0 Å². The summed E-state index contributed by atoms with van der Waals surface area (Å²) in [6.45, 7) is 0. The molecule has 7 rings (SSSR count). The van der Waals surface area contributed by atoms with E-state index in [9.17, 15) is 0 Å². The Hall–Kier alpha value is -4.96. The standard InChI is InChI=1S/C34H26N4/c1-3-11-25(12-4-1)34-36-30(23-31(37-34)29-15-9-10-22-35-29)24-18-20-26(21-19-24)38-32-16-6-2-5-13-27(32)28-14-7-8-17-33(28)38/h1-12,14-23,31H,13H2,(H,36,37). The molecular weight excluding hydrogens is 464 g/mol. The number of nitrogens with one attached hydrogen (secondary N) is 1. The number of pyridine rings is 1. The third kappa shape index (κ3) is 3.97. The number of hydrogen-bond acceptors (Lipinski definition) is 3. The monoisotopic (exact) mass is 490 g/mol. The number of benzene rings is 3. The molecule has 3 aromatic carbocycles. The normalized spacial score (nSPS) is 16.4. The lowest BCUT2D eigenvalue weighted by atomic mass is 10.0. The molecule has 1 aliphatic heterocycles. The lowest BCUT2D eigenvalue weighted by Gasteiger charge is -2.23. The smallest absolute Gasteiger partial charge is 0.133 e. The second kappa shape index (κ2) is 9.49. The molecule has 3 heterocycles. The first-order valence-electron chi connectivity index (χ1n) is 12.9. The number of allylic oxidation sites excluding steroid dienone is 3. The lowest BCUT2D eigenvalue weighted by molar-refractivity contribution is 0.840. The maximum Gasteiger partial charge on any atom is 0.133 e. The number of rotatable bonds is 4. The van der Waals surface area contributed by atoms with E-state index in [1.807, 2.05) is 42.6 Å². The summed E-state index contributed by atoms with van der Waals surface area (Å²) in [5.41, 5.74) is 9.11. The van der Waals surface area contributed by atoms with Crippen molar-refractivity contribution >= 4 is 28.5 Å². The minimum absolute atomic E-state index is 0.163. The number of fused-ring (bicyclic) bond motifs is 3. The topological polar surface area (TPSA) is 42.2 Å². The van der Waals surface area contributed by atoms with Crippen LogP contribution in [0.1, 0.15) is 34.1 Å². The minimum Gasteiger partial charge on any atom is -0.340 e. The Morgan fingerprint density at radius 2 is 1.58 bits per heavy atom. The maximum absolute atomic E-state index is 5.00. The Morgan fingerprint density at radius 3 is 2.42 bits per heavy atom. The van der Waals surface area contributed by atoms with Gasteiger partial charge in [0.1, 0.15) is 11.9 Å². The molecule has 0 spiro atoms. The predicted octanol–water partition coefficient (Wildman–Crippen LogP) is 7.28. The van der Waals surface area contributed by atoms with Crippen LogP contribution in [-0.2, 0) is 6.42 Å². The Morgan fingerprint density at radius 1 is 0.763 bits per heavy atom. The first kappa shape index (κ1) is 22.3. The summed E-state index contributed by atoms with van der Waals surface area (Å²) in [6.07, 6.45) is 13.6. The number of aliphatic imine (C=N–C) groups is 1. The highest BCUT2D eigenvalue weighted by atomic mass is 15.1. The van der Waals surface area contributed by atoms with Crippen LogP contribution in [0, 0.1) is 0 Å². The summed E-state index contributed by atoms with van der Waals surface area (Å²) < 4.78 is 2.37. The van der Waals surface area contributed by atoms with Crippen LogP contribution in [0.5, 0.6) is 0 Å². The van der Waals surface area contributed by atoms with Crippen LogP contribution in [-0.4, -0.2) is 15.4 Å². The fraction of sp³-hybridized carbons (Fsp3) is 0.0588. The summed E-state index contributed by atoms with van der Waals surface area (Å²) in [5, 5.41) is 4.89. The van der Waals surface area contributed by atoms with Crippen molar-refractivity contribution in [3.63, 3.8) is 0 Å². The van der Waals surface area contributed by atoms with E-state index in [1.54, 1.807) is 0 Å². The van der Waals surface area contributed by atoms with Gasteiger partial charge in [-0.25, -0.2) is 0 Å². The van der Waals surface area contributed by atoms with Crippen molar-refractivity contribution < 1.29 is 0 Å². The van der Waals surface area contributed by atoms with Gasteiger partial charge in [-0.3, -0.25) is 9.98 Å². The van der Waals surface area contributed by atoms with Crippen LogP contribution in [0.3, 0.4) is 0 Å². The van der Waals surface area contributed by atoms with Gasteiger partial charge in [0.25, 0.3) is 0 Å². The van der Waals surface area contributed by atoms with Crippen LogP contribution in [0.2, 0.25) is 0 Å². The molecule has 4 heteroatoms. The summed E-state index contributed by atoms with van der Waals surface area (Å²) in [7, 11) is 0. The van der Waals surface area contributed by atoms with Crippen LogP contribution in [0.25, 0.3) is 28.4 Å². The van der Waals surface area contributed by atoms with E-state index in [0.717, 1.165) is 40.5 Å². The highest BCUT2D eigenvalue weighted by Crippen LogP contribution is 2.33. The zero-order valence-electron chi connectivity index (χ0n) is 20.8. The van der Waals surface area contributed by atoms with Crippen LogP contribution in [0.15, 0.2) is 133 Å². The Bertz CT molecular complexity index is 1740. The Balaban J connectivity index is 1.29. The van der Waals surface area contributed by atoms with Crippen molar-refractivity contribution in [1.29, 1.82) is 0 Å². The van der Waals surface area contributed by atoms with E-state index in [1.165, 1.54) is 22.2 Å². The van der Waals surface area contributed by atoms with Crippen molar-refractivity contribution in [3.05, 3.63) is 156 Å².